The molecule has 0 unspecified atom stereocenters. The van der Waals surface area contributed by atoms with Crippen molar-refractivity contribution in [1.29, 1.82) is 0 Å². The minimum absolute atomic E-state index is 0.235. The van der Waals surface area contributed by atoms with Crippen LogP contribution < -0.4 is 5.43 Å². The molecule has 1 heterocycles. The molecule has 0 fully saturated rings. The number of hydrazone groups is 1. The quantitative estimate of drug-likeness (QED) is 0.659. The molecule has 1 aromatic heterocycles. The Morgan fingerprint density at radius 2 is 2.00 bits per heavy atom. The van der Waals surface area contributed by atoms with Crippen molar-refractivity contribution in [2.24, 2.45) is 5.10 Å². The van der Waals surface area contributed by atoms with Crippen LogP contribution in [-0.4, -0.2) is 12.1 Å². The lowest BCUT2D eigenvalue weighted by molar-refractivity contribution is 0.0927. The number of amides is 1. The van der Waals surface area contributed by atoms with E-state index in [-0.39, 0.29) is 11.7 Å². The van der Waals surface area contributed by atoms with Gasteiger partial charge in [0.15, 0.2) is 5.76 Å². The minimum atomic E-state index is -0.371. The van der Waals surface area contributed by atoms with Crippen molar-refractivity contribution < 1.29 is 9.21 Å². The molecule has 0 aliphatic heterocycles. The van der Waals surface area contributed by atoms with Crippen molar-refractivity contribution in [2.45, 2.75) is 0 Å². The summed E-state index contributed by atoms with van der Waals surface area (Å²) in [4.78, 5) is 11.4. The fourth-order valence-electron chi connectivity index (χ4n) is 1.32. The molecule has 0 radical (unpaired) electrons. The Balaban J connectivity index is 1.82. The number of nitrogens with one attached hydrogen (secondary N) is 1. The second-order valence-corrected chi connectivity index (χ2v) is 3.47. The van der Waals surface area contributed by atoms with E-state index >= 15 is 0 Å². The van der Waals surface area contributed by atoms with E-state index in [4.69, 9.17) is 4.42 Å². The van der Waals surface area contributed by atoms with Gasteiger partial charge in [-0.15, -0.1) is 0 Å². The number of rotatable bonds is 4. The minimum Gasteiger partial charge on any atom is -0.459 e. The van der Waals surface area contributed by atoms with Gasteiger partial charge in [0.05, 0.1) is 6.26 Å². The molecule has 0 atom stereocenters. The summed E-state index contributed by atoms with van der Waals surface area (Å²) in [7, 11) is 0. The summed E-state index contributed by atoms with van der Waals surface area (Å²) >= 11 is 0. The number of carbonyl (C=O) groups excluding carboxylic acids is 1. The van der Waals surface area contributed by atoms with Gasteiger partial charge in [0.25, 0.3) is 0 Å². The summed E-state index contributed by atoms with van der Waals surface area (Å²) < 4.78 is 4.92. The van der Waals surface area contributed by atoms with Crippen molar-refractivity contribution in [2.75, 3.05) is 0 Å². The third-order valence-electron chi connectivity index (χ3n) is 2.16. The number of carbonyl (C=O) groups is 1. The first kappa shape index (κ1) is 11.9. The lowest BCUT2D eigenvalue weighted by atomic mass is 10.2. The lowest BCUT2D eigenvalue weighted by Crippen LogP contribution is -2.16. The molecule has 0 bridgehead atoms. The molecule has 4 heteroatoms. The molecule has 90 valence electrons. The van der Waals surface area contributed by atoms with E-state index in [0.717, 1.165) is 5.56 Å². The fourth-order valence-corrected chi connectivity index (χ4v) is 1.32. The van der Waals surface area contributed by atoms with Crippen LogP contribution in [-0.2, 0) is 0 Å². The number of benzene rings is 1. The average molecular weight is 240 g/mol. The molecule has 1 N–H and O–H groups in total. The van der Waals surface area contributed by atoms with Gasteiger partial charge >= 0.3 is 5.91 Å². The number of furan rings is 1. The topological polar surface area (TPSA) is 54.6 Å². The van der Waals surface area contributed by atoms with Crippen LogP contribution in [0.2, 0.25) is 0 Å². The first-order valence-corrected chi connectivity index (χ1v) is 5.45. The second kappa shape index (κ2) is 6.20. The van der Waals surface area contributed by atoms with E-state index in [0.29, 0.717) is 0 Å². The van der Waals surface area contributed by atoms with Gasteiger partial charge in [-0.3, -0.25) is 4.79 Å². The van der Waals surface area contributed by atoms with Crippen LogP contribution in [0.15, 0.2) is 64.3 Å². The largest absolute Gasteiger partial charge is 0.459 e. The zero-order valence-electron chi connectivity index (χ0n) is 9.61. The highest BCUT2D eigenvalue weighted by Crippen LogP contribution is 2.00. The van der Waals surface area contributed by atoms with Crippen LogP contribution in [0.1, 0.15) is 16.1 Å². The monoisotopic (exact) mass is 240 g/mol. The smallest absolute Gasteiger partial charge is 0.307 e. The highest BCUT2D eigenvalue weighted by atomic mass is 16.3. The van der Waals surface area contributed by atoms with Gasteiger partial charge in [-0.25, -0.2) is 5.43 Å². The summed E-state index contributed by atoms with van der Waals surface area (Å²) in [6.07, 6.45) is 6.59. The molecular weight excluding hydrogens is 228 g/mol. The Hall–Kier alpha value is -2.62. The predicted octanol–water partition coefficient (Wildman–Crippen LogP) is 2.71. The van der Waals surface area contributed by atoms with Crippen molar-refractivity contribution in [3.05, 3.63) is 66.1 Å². The van der Waals surface area contributed by atoms with Crippen LogP contribution in [0, 0.1) is 0 Å². The predicted molar refractivity (Wildman–Crippen MR) is 70.1 cm³/mol. The highest BCUT2D eigenvalue weighted by molar-refractivity contribution is 5.92. The van der Waals surface area contributed by atoms with Gasteiger partial charge in [-0.1, -0.05) is 36.4 Å². The fraction of sp³-hybridized carbons (Fsp3) is 0. The standard InChI is InChI=1S/C14H12N2O2/c17-14(13-9-5-11-18-13)16-15-10-4-8-12-6-2-1-3-7-12/h1-11H,(H,16,17)/b8-4?,15-10+. The molecule has 2 rings (SSSR count). The lowest BCUT2D eigenvalue weighted by Gasteiger charge is -1.93. The molecule has 1 amide bonds. The zero-order valence-corrected chi connectivity index (χ0v) is 9.61. The molecule has 0 aliphatic carbocycles. The third kappa shape index (κ3) is 3.45. The zero-order chi connectivity index (χ0) is 12.6. The van der Waals surface area contributed by atoms with Gasteiger partial charge in [0.2, 0.25) is 0 Å². The molecule has 4 nitrogen and oxygen atoms in total. The van der Waals surface area contributed by atoms with Crippen molar-refractivity contribution in [3.63, 3.8) is 0 Å². The molecule has 0 saturated heterocycles. The Morgan fingerprint density at radius 1 is 1.17 bits per heavy atom. The van der Waals surface area contributed by atoms with E-state index in [9.17, 15) is 4.79 Å². The first-order chi connectivity index (χ1) is 8.86. The van der Waals surface area contributed by atoms with E-state index in [1.165, 1.54) is 12.5 Å². The van der Waals surface area contributed by atoms with Gasteiger partial charge in [0, 0.05) is 6.21 Å². The number of allylic oxidation sites excluding steroid dienone is 1. The van der Waals surface area contributed by atoms with E-state index in [1.807, 2.05) is 36.4 Å². The molecule has 0 spiro atoms. The summed E-state index contributed by atoms with van der Waals surface area (Å²) in [6, 6.07) is 13.0. The van der Waals surface area contributed by atoms with Crippen molar-refractivity contribution in [3.8, 4) is 0 Å². The Labute approximate surface area is 105 Å². The van der Waals surface area contributed by atoms with E-state index in [1.54, 1.807) is 18.2 Å². The Morgan fingerprint density at radius 3 is 2.72 bits per heavy atom. The van der Waals surface area contributed by atoms with Crippen LogP contribution in [0.4, 0.5) is 0 Å². The normalized spacial score (nSPS) is 11.1. The molecule has 0 saturated carbocycles. The maximum atomic E-state index is 11.4. The van der Waals surface area contributed by atoms with Crippen molar-refractivity contribution in [1.82, 2.24) is 5.43 Å². The van der Waals surface area contributed by atoms with E-state index < -0.39 is 0 Å². The number of hydrogen-bond donors (Lipinski definition) is 1. The Bertz CT molecular complexity index is 542. The summed E-state index contributed by atoms with van der Waals surface area (Å²) in [5.74, 6) is -0.136. The van der Waals surface area contributed by atoms with Crippen molar-refractivity contribution >= 4 is 18.2 Å². The SMILES string of the molecule is O=C(N/N=C/C=Cc1ccccc1)c1ccco1. The molecule has 0 aliphatic rings. The van der Waals surface area contributed by atoms with Crippen LogP contribution in [0.25, 0.3) is 6.08 Å². The first-order valence-electron chi connectivity index (χ1n) is 5.45. The number of hydrogen-bond acceptors (Lipinski definition) is 3. The summed E-state index contributed by atoms with van der Waals surface area (Å²) in [5, 5.41) is 3.77. The Kier molecular flexibility index (Phi) is 4.08. The third-order valence-corrected chi connectivity index (χ3v) is 2.16. The molecular formula is C14H12N2O2. The maximum absolute atomic E-state index is 11.4. The molecule has 1 aromatic carbocycles. The van der Waals surface area contributed by atoms with Gasteiger partial charge in [0.1, 0.15) is 0 Å². The van der Waals surface area contributed by atoms with Crippen LogP contribution in [0.5, 0.6) is 0 Å². The maximum Gasteiger partial charge on any atom is 0.307 e. The summed E-state index contributed by atoms with van der Waals surface area (Å²) in [5.41, 5.74) is 3.43. The van der Waals surface area contributed by atoms with Gasteiger partial charge in [-0.2, -0.15) is 5.10 Å². The average Bonchev–Trinajstić information content (AvgIpc) is 2.93. The van der Waals surface area contributed by atoms with Crippen LogP contribution >= 0.6 is 0 Å². The molecule has 18 heavy (non-hydrogen) atoms. The molecule has 2 aromatic rings. The highest BCUT2D eigenvalue weighted by Gasteiger charge is 2.05. The van der Waals surface area contributed by atoms with Crippen LogP contribution in [0.3, 0.4) is 0 Å². The number of nitrogens with zero attached hydrogens (tertiary/aromatic N) is 1. The van der Waals surface area contributed by atoms with E-state index in [2.05, 4.69) is 10.5 Å². The van der Waals surface area contributed by atoms with Gasteiger partial charge < -0.3 is 4.42 Å². The summed E-state index contributed by atoms with van der Waals surface area (Å²) in [6.45, 7) is 0. The second-order valence-electron chi connectivity index (χ2n) is 3.47. The van der Waals surface area contributed by atoms with Gasteiger partial charge in [-0.05, 0) is 23.8 Å².